The summed E-state index contributed by atoms with van der Waals surface area (Å²) in [5, 5.41) is 1.25. The molecule has 0 saturated carbocycles. The smallest absolute Gasteiger partial charge is 0.262 e. The Balaban J connectivity index is 2.29. The van der Waals surface area contributed by atoms with Crippen molar-refractivity contribution in [1.29, 1.82) is 0 Å². The van der Waals surface area contributed by atoms with Crippen molar-refractivity contribution < 1.29 is 4.74 Å². The van der Waals surface area contributed by atoms with E-state index < -0.39 is 0 Å². The molecule has 0 radical (unpaired) electrons. The van der Waals surface area contributed by atoms with E-state index in [9.17, 15) is 4.79 Å². The molecule has 0 spiro atoms. The normalized spacial score (nSPS) is 11.3. The summed E-state index contributed by atoms with van der Waals surface area (Å²) < 4.78 is 6.79. The molecule has 0 aliphatic rings. The van der Waals surface area contributed by atoms with Crippen molar-refractivity contribution in [1.82, 2.24) is 9.55 Å². The lowest BCUT2D eigenvalue weighted by atomic mass is 10.2. The highest BCUT2D eigenvalue weighted by atomic mass is 35.5. The molecule has 0 N–H and O–H groups in total. The summed E-state index contributed by atoms with van der Waals surface area (Å²) in [6, 6.07) is 9.38. The summed E-state index contributed by atoms with van der Waals surface area (Å²) >= 11 is 7.88. The molecule has 1 aromatic carbocycles. The van der Waals surface area contributed by atoms with Gasteiger partial charge in [-0.25, -0.2) is 4.98 Å². The molecule has 120 valence electrons. The molecule has 0 saturated heterocycles. The van der Waals surface area contributed by atoms with E-state index in [1.54, 1.807) is 29.1 Å². The van der Waals surface area contributed by atoms with Crippen LogP contribution in [0.2, 0.25) is 5.02 Å². The summed E-state index contributed by atoms with van der Waals surface area (Å²) in [4.78, 5) is 19.5. The summed E-state index contributed by atoms with van der Waals surface area (Å²) in [6.45, 7) is 2.95. The molecule has 2 heterocycles. The molecule has 3 aromatic rings. The zero-order chi connectivity index (χ0) is 16.4. The van der Waals surface area contributed by atoms with Gasteiger partial charge in [-0.05, 0) is 24.6 Å². The van der Waals surface area contributed by atoms with Gasteiger partial charge in [-0.1, -0.05) is 30.7 Å². The van der Waals surface area contributed by atoms with Crippen molar-refractivity contribution in [2.75, 3.05) is 13.7 Å². The highest BCUT2D eigenvalue weighted by Crippen LogP contribution is 2.29. The van der Waals surface area contributed by atoms with E-state index in [1.807, 2.05) is 24.3 Å². The molecule has 0 aliphatic heterocycles. The predicted molar refractivity (Wildman–Crippen MR) is 95.6 cm³/mol. The number of hydrogen-bond donors (Lipinski definition) is 0. The van der Waals surface area contributed by atoms with Crippen molar-refractivity contribution >= 4 is 33.2 Å². The van der Waals surface area contributed by atoms with Gasteiger partial charge in [0.05, 0.1) is 23.6 Å². The number of halogens is 1. The Hall–Kier alpha value is -1.69. The Morgan fingerprint density at radius 2 is 2.13 bits per heavy atom. The maximum absolute atomic E-state index is 12.9. The molecule has 3 rings (SSSR count). The molecule has 2 aromatic heterocycles. The third kappa shape index (κ3) is 3.04. The van der Waals surface area contributed by atoms with Gasteiger partial charge in [0, 0.05) is 17.6 Å². The van der Waals surface area contributed by atoms with Gasteiger partial charge in [0.15, 0.2) is 0 Å². The van der Waals surface area contributed by atoms with Crippen LogP contribution in [0, 0.1) is 0 Å². The van der Waals surface area contributed by atoms with E-state index in [1.165, 1.54) is 0 Å². The standard InChI is InChI=1S/C17H17ClN2O2S/c1-3-11-10-13-16(23-11)19-15(12-6-4-5-7-14(12)18)20(17(13)21)8-9-22-2/h4-7,10H,3,8-9H2,1-2H3. The Morgan fingerprint density at radius 3 is 2.83 bits per heavy atom. The molecule has 0 amide bonds. The first-order valence-corrected chi connectivity index (χ1v) is 8.62. The lowest BCUT2D eigenvalue weighted by Gasteiger charge is -2.13. The Labute approximate surface area is 143 Å². The SMILES string of the molecule is CCc1cc2c(=O)n(CCOC)c(-c3ccccc3Cl)nc2s1. The first kappa shape index (κ1) is 16.2. The van der Waals surface area contributed by atoms with Gasteiger partial charge in [0.2, 0.25) is 0 Å². The molecular formula is C17H17ClN2O2S. The van der Waals surface area contributed by atoms with Gasteiger partial charge < -0.3 is 4.74 Å². The zero-order valence-electron chi connectivity index (χ0n) is 13.0. The number of nitrogens with zero attached hydrogens (tertiary/aromatic N) is 2. The second-order valence-electron chi connectivity index (χ2n) is 5.15. The number of rotatable bonds is 5. The van der Waals surface area contributed by atoms with E-state index >= 15 is 0 Å². The molecular weight excluding hydrogens is 332 g/mol. The van der Waals surface area contributed by atoms with Crippen molar-refractivity contribution in [3.8, 4) is 11.4 Å². The number of fused-ring (bicyclic) bond motifs is 1. The molecule has 0 fully saturated rings. The van der Waals surface area contributed by atoms with E-state index in [2.05, 4.69) is 6.92 Å². The number of aromatic nitrogens is 2. The summed E-state index contributed by atoms with van der Waals surface area (Å²) in [5.74, 6) is 0.592. The predicted octanol–water partition coefficient (Wildman–Crippen LogP) is 3.99. The molecule has 23 heavy (non-hydrogen) atoms. The third-order valence-corrected chi connectivity index (χ3v) is 5.19. The van der Waals surface area contributed by atoms with Gasteiger partial charge in [-0.2, -0.15) is 0 Å². The average Bonchev–Trinajstić information content (AvgIpc) is 2.98. The lowest BCUT2D eigenvalue weighted by molar-refractivity contribution is 0.186. The van der Waals surface area contributed by atoms with E-state index in [4.69, 9.17) is 21.3 Å². The second-order valence-corrected chi connectivity index (χ2v) is 6.67. The van der Waals surface area contributed by atoms with Crippen LogP contribution in [0.25, 0.3) is 21.6 Å². The van der Waals surface area contributed by atoms with E-state index in [0.29, 0.717) is 29.4 Å². The van der Waals surface area contributed by atoms with Gasteiger partial charge in [-0.3, -0.25) is 9.36 Å². The quantitative estimate of drug-likeness (QED) is 0.700. The van der Waals surface area contributed by atoms with Crippen molar-refractivity contribution in [2.45, 2.75) is 19.9 Å². The molecule has 0 unspecified atom stereocenters. The van der Waals surface area contributed by atoms with Gasteiger partial charge in [-0.15, -0.1) is 11.3 Å². The topological polar surface area (TPSA) is 44.1 Å². The molecule has 0 atom stereocenters. The largest absolute Gasteiger partial charge is 0.383 e. The highest BCUT2D eigenvalue weighted by Gasteiger charge is 2.16. The second kappa shape index (κ2) is 6.83. The summed E-state index contributed by atoms with van der Waals surface area (Å²) in [5.41, 5.74) is 0.716. The monoisotopic (exact) mass is 348 g/mol. The van der Waals surface area contributed by atoms with Crippen LogP contribution < -0.4 is 5.56 Å². The fourth-order valence-corrected chi connectivity index (χ4v) is 3.66. The lowest BCUT2D eigenvalue weighted by Crippen LogP contribution is -2.25. The number of ether oxygens (including phenoxy) is 1. The Kier molecular flexibility index (Phi) is 4.80. The van der Waals surface area contributed by atoms with Crippen molar-refractivity contribution in [3.05, 3.63) is 50.6 Å². The Morgan fingerprint density at radius 1 is 1.35 bits per heavy atom. The maximum Gasteiger partial charge on any atom is 0.262 e. The van der Waals surface area contributed by atoms with Crippen LogP contribution >= 0.6 is 22.9 Å². The van der Waals surface area contributed by atoms with Crippen molar-refractivity contribution in [2.24, 2.45) is 0 Å². The van der Waals surface area contributed by atoms with Crippen LogP contribution in [-0.4, -0.2) is 23.3 Å². The summed E-state index contributed by atoms with van der Waals surface area (Å²) in [7, 11) is 1.62. The maximum atomic E-state index is 12.9. The number of hydrogen-bond acceptors (Lipinski definition) is 4. The molecule has 0 bridgehead atoms. The first-order chi connectivity index (χ1) is 11.2. The van der Waals surface area contributed by atoms with Crippen LogP contribution in [0.15, 0.2) is 35.1 Å². The zero-order valence-corrected chi connectivity index (χ0v) is 14.6. The summed E-state index contributed by atoms with van der Waals surface area (Å²) in [6.07, 6.45) is 0.889. The van der Waals surface area contributed by atoms with Crippen LogP contribution in [0.1, 0.15) is 11.8 Å². The van der Waals surface area contributed by atoms with Crippen LogP contribution in [0.3, 0.4) is 0 Å². The average molecular weight is 349 g/mol. The first-order valence-electron chi connectivity index (χ1n) is 7.42. The minimum atomic E-state index is -0.0436. The minimum Gasteiger partial charge on any atom is -0.383 e. The van der Waals surface area contributed by atoms with Gasteiger partial charge in [0.1, 0.15) is 10.7 Å². The van der Waals surface area contributed by atoms with Crippen LogP contribution in [0.5, 0.6) is 0 Å². The molecule has 6 heteroatoms. The third-order valence-electron chi connectivity index (χ3n) is 3.68. The number of thiophene rings is 1. The Bertz CT molecular complexity index is 901. The van der Waals surface area contributed by atoms with Gasteiger partial charge >= 0.3 is 0 Å². The fourth-order valence-electron chi connectivity index (χ4n) is 2.48. The molecule has 0 aliphatic carbocycles. The van der Waals surface area contributed by atoms with E-state index in [-0.39, 0.29) is 5.56 Å². The molecule has 4 nitrogen and oxygen atoms in total. The minimum absolute atomic E-state index is 0.0436. The van der Waals surface area contributed by atoms with Crippen molar-refractivity contribution in [3.63, 3.8) is 0 Å². The van der Waals surface area contributed by atoms with E-state index in [0.717, 1.165) is 21.7 Å². The van der Waals surface area contributed by atoms with Crippen LogP contribution in [0.4, 0.5) is 0 Å². The highest BCUT2D eigenvalue weighted by molar-refractivity contribution is 7.18. The number of methoxy groups -OCH3 is 1. The number of benzene rings is 1. The number of aryl methyl sites for hydroxylation is 1. The fraction of sp³-hybridized carbons (Fsp3) is 0.294. The van der Waals surface area contributed by atoms with Crippen LogP contribution in [-0.2, 0) is 17.7 Å². The van der Waals surface area contributed by atoms with Gasteiger partial charge in [0.25, 0.3) is 5.56 Å².